The summed E-state index contributed by atoms with van der Waals surface area (Å²) in [5.74, 6) is 0. The summed E-state index contributed by atoms with van der Waals surface area (Å²) in [5, 5.41) is 8.30. The Morgan fingerprint density at radius 1 is 0.929 bits per heavy atom. The molecular weight excluding hydrogens is 384 g/mol. The second kappa shape index (κ2) is 9.62. The third kappa shape index (κ3) is 4.98. The second-order valence-electron chi connectivity index (χ2n) is 7.14. The summed E-state index contributed by atoms with van der Waals surface area (Å²) < 4.78 is 0. The predicted molar refractivity (Wildman–Crippen MR) is 119 cm³/mol. The Balaban J connectivity index is 1.46. The quantitative estimate of drug-likeness (QED) is 0.517. The fourth-order valence-electron chi connectivity index (χ4n) is 3.74. The number of rotatable bonds is 6. The van der Waals surface area contributed by atoms with E-state index in [1.165, 1.54) is 33.8 Å². The monoisotopic (exact) mass is 408 g/mol. The van der Waals surface area contributed by atoms with Gasteiger partial charge in [-0.15, -0.1) is 0 Å². The molecule has 1 fully saturated rings. The molecule has 1 heterocycles. The van der Waals surface area contributed by atoms with Crippen molar-refractivity contribution in [1.29, 1.82) is 0 Å². The maximum Gasteiger partial charge on any atom is 0.0476 e. The van der Waals surface area contributed by atoms with Crippen LogP contribution in [-0.4, -0.2) is 12.6 Å². The van der Waals surface area contributed by atoms with Crippen molar-refractivity contribution in [2.75, 3.05) is 6.54 Å². The molecule has 0 aliphatic carbocycles. The van der Waals surface area contributed by atoms with Crippen LogP contribution in [0.25, 0.3) is 0 Å². The first kappa shape index (κ1) is 19.5. The molecule has 3 aromatic rings. The summed E-state index contributed by atoms with van der Waals surface area (Å²) in [6.45, 7) is 1.95. The lowest BCUT2D eigenvalue weighted by atomic mass is 9.92. The fourth-order valence-corrected chi connectivity index (χ4v) is 4.81. The molecule has 1 saturated heterocycles. The molecule has 4 heteroatoms. The molecule has 0 bridgehead atoms. The summed E-state index contributed by atoms with van der Waals surface area (Å²) in [6.07, 6.45) is 2.40. The molecule has 2 nitrogen and oxygen atoms in total. The molecule has 2 unspecified atom stereocenters. The van der Waals surface area contributed by atoms with Crippen molar-refractivity contribution in [3.05, 3.63) is 95.0 Å². The molecule has 1 aliphatic heterocycles. The Morgan fingerprint density at radius 3 is 2.50 bits per heavy atom. The summed E-state index contributed by atoms with van der Waals surface area (Å²) >= 11 is 7.81. The lowest BCUT2D eigenvalue weighted by Crippen LogP contribution is -2.45. The van der Waals surface area contributed by atoms with Crippen molar-refractivity contribution < 1.29 is 0 Å². The highest BCUT2D eigenvalue weighted by atomic mass is 35.5. The fraction of sp³-hybridized carbons (Fsp3) is 0.250. The molecule has 0 radical (unpaired) electrons. The minimum Gasteiger partial charge on any atom is -0.309 e. The zero-order valence-corrected chi connectivity index (χ0v) is 17.3. The predicted octanol–water partition coefficient (Wildman–Crippen LogP) is 6.07. The Bertz CT molecular complexity index is 883. The lowest BCUT2D eigenvalue weighted by molar-refractivity contribution is 0.304. The Hall–Kier alpha value is -1.78. The molecule has 1 aliphatic rings. The van der Waals surface area contributed by atoms with Gasteiger partial charge in [0, 0.05) is 33.4 Å². The van der Waals surface area contributed by atoms with E-state index in [0.717, 1.165) is 18.1 Å². The molecule has 0 amide bonds. The average Bonchev–Trinajstić information content (AvgIpc) is 2.75. The minimum atomic E-state index is 0.367. The van der Waals surface area contributed by atoms with E-state index in [0.29, 0.717) is 12.1 Å². The van der Waals surface area contributed by atoms with Crippen LogP contribution < -0.4 is 10.6 Å². The molecular formula is C24H25ClN2S. The van der Waals surface area contributed by atoms with Crippen LogP contribution in [0.5, 0.6) is 0 Å². The van der Waals surface area contributed by atoms with Gasteiger partial charge in [0.25, 0.3) is 0 Å². The number of benzene rings is 3. The van der Waals surface area contributed by atoms with Gasteiger partial charge in [0.05, 0.1) is 0 Å². The van der Waals surface area contributed by atoms with Gasteiger partial charge in [-0.05, 0) is 60.8 Å². The highest BCUT2D eigenvalue weighted by Crippen LogP contribution is 2.32. The van der Waals surface area contributed by atoms with E-state index in [4.69, 9.17) is 11.6 Å². The van der Waals surface area contributed by atoms with Crippen molar-refractivity contribution in [1.82, 2.24) is 10.6 Å². The Morgan fingerprint density at radius 2 is 1.68 bits per heavy atom. The van der Waals surface area contributed by atoms with E-state index in [9.17, 15) is 0 Å². The number of hydrogen-bond acceptors (Lipinski definition) is 3. The average molecular weight is 409 g/mol. The van der Waals surface area contributed by atoms with Gasteiger partial charge in [-0.3, -0.25) is 0 Å². The van der Waals surface area contributed by atoms with Crippen LogP contribution in [0.4, 0.5) is 0 Å². The van der Waals surface area contributed by atoms with Crippen LogP contribution in [0.2, 0.25) is 5.02 Å². The first-order valence-electron chi connectivity index (χ1n) is 9.82. The first-order chi connectivity index (χ1) is 13.8. The third-order valence-corrected chi connectivity index (χ3v) is 6.56. The molecule has 4 rings (SSSR count). The SMILES string of the molecule is Clc1ccc(Sc2ccccc2CNC2CCCNC2c2ccccc2)cc1. The summed E-state index contributed by atoms with van der Waals surface area (Å²) in [7, 11) is 0. The number of hydrogen-bond donors (Lipinski definition) is 2. The summed E-state index contributed by atoms with van der Waals surface area (Å²) in [6, 6.07) is 28.3. The number of halogens is 1. The van der Waals surface area contributed by atoms with Crippen LogP contribution in [0.3, 0.4) is 0 Å². The second-order valence-corrected chi connectivity index (χ2v) is 8.69. The smallest absolute Gasteiger partial charge is 0.0476 e. The van der Waals surface area contributed by atoms with E-state index >= 15 is 0 Å². The van der Waals surface area contributed by atoms with Crippen LogP contribution in [0, 0.1) is 0 Å². The van der Waals surface area contributed by atoms with Crippen molar-refractivity contribution >= 4 is 23.4 Å². The van der Waals surface area contributed by atoms with Crippen LogP contribution in [-0.2, 0) is 6.54 Å². The number of nitrogens with one attached hydrogen (secondary N) is 2. The van der Waals surface area contributed by atoms with Crippen LogP contribution >= 0.6 is 23.4 Å². The van der Waals surface area contributed by atoms with Crippen LogP contribution in [0.1, 0.15) is 30.0 Å². The van der Waals surface area contributed by atoms with E-state index in [-0.39, 0.29) is 0 Å². The van der Waals surface area contributed by atoms with Crippen molar-refractivity contribution in [3.8, 4) is 0 Å². The van der Waals surface area contributed by atoms with Gasteiger partial charge in [-0.1, -0.05) is 71.9 Å². The molecule has 0 saturated carbocycles. The topological polar surface area (TPSA) is 24.1 Å². The molecule has 144 valence electrons. The molecule has 3 aromatic carbocycles. The molecule has 2 N–H and O–H groups in total. The Labute approximate surface area is 176 Å². The van der Waals surface area contributed by atoms with Gasteiger partial charge in [-0.2, -0.15) is 0 Å². The van der Waals surface area contributed by atoms with Crippen LogP contribution in [0.15, 0.2) is 88.7 Å². The summed E-state index contributed by atoms with van der Waals surface area (Å²) in [5.41, 5.74) is 2.70. The van der Waals surface area contributed by atoms with Crippen molar-refractivity contribution in [2.24, 2.45) is 0 Å². The van der Waals surface area contributed by atoms with Gasteiger partial charge < -0.3 is 10.6 Å². The molecule has 2 atom stereocenters. The highest BCUT2D eigenvalue weighted by Gasteiger charge is 2.25. The van der Waals surface area contributed by atoms with E-state index < -0.39 is 0 Å². The van der Waals surface area contributed by atoms with E-state index in [1.807, 2.05) is 12.1 Å². The van der Waals surface area contributed by atoms with Gasteiger partial charge in [-0.25, -0.2) is 0 Å². The van der Waals surface area contributed by atoms with Crippen molar-refractivity contribution in [3.63, 3.8) is 0 Å². The van der Waals surface area contributed by atoms with Gasteiger partial charge >= 0.3 is 0 Å². The molecule has 0 spiro atoms. The Kier molecular flexibility index (Phi) is 6.71. The minimum absolute atomic E-state index is 0.367. The molecule has 0 aromatic heterocycles. The maximum atomic E-state index is 6.02. The highest BCUT2D eigenvalue weighted by molar-refractivity contribution is 7.99. The zero-order chi connectivity index (χ0) is 19.2. The molecule has 28 heavy (non-hydrogen) atoms. The summed E-state index contributed by atoms with van der Waals surface area (Å²) in [4.78, 5) is 2.50. The van der Waals surface area contributed by atoms with Gasteiger partial charge in [0.15, 0.2) is 0 Å². The number of piperidine rings is 1. The first-order valence-corrected chi connectivity index (χ1v) is 11.0. The largest absolute Gasteiger partial charge is 0.309 e. The van der Waals surface area contributed by atoms with E-state index in [1.54, 1.807) is 11.8 Å². The van der Waals surface area contributed by atoms with Crippen molar-refractivity contribution in [2.45, 2.75) is 41.3 Å². The normalized spacial score (nSPS) is 19.5. The maximum absolute atomic E-state index is 6.02. The third-order valence-electron chi connectivity index (χ3n) is 5.19. The van der Waals surface area contributed by atoms with Gasteiger partial charge in [0.1, 0.15) is 0 Å². The lowest BCUT2D eigenvalue weighted by Gasteiger charge is -2.34. The standard InChI is InChI=1S/C24H25ClN2S/c25-20-12-14-21(15-13-20)28-23-11-5-4-9-19(23)17-27-22-10-6-16-26-24(22)18-7-2-1-3-8-18/h1-5,7-9,11-15,22,24,26-27H,6,10,16-17H2. The zero-order valence-electron chi connectivity index (χ0n) is 15.8. The van der Waals surface area contributed by atoms with Gasteiger partial charge in [0.2, 0.25) is 0 Å². The van der Waals surface area contributed by atoms with E-state index in [2.05, 4.69) is 77.4 Å².